The molecule has 121 valence electrons. The molecule has 0 saturated heterocycles. The van der Waals surface area contributed by atoms with E-state index in [1.165, 1.54) is 0 Å². The molecular weight excluding hydrogens is 264 g/mol. The number of hydrogen-bond donors (Lipinski definition) is 0. The molecule has 0 aromatic heterocycles. The van der Waals surface area contributed by atoms with Crippen molar-refractivity contribution in [3.63, 3.8) is 0 Å². The minimum atomic E-state index is 0.988. The van der Waals surface area contributed by atoms with Crippen LogP contribution in [-0.4, -0.2) is 0 Å². The molecule has 0 rings (SSSR count). The van der Waals surface area contributed by atoms with Gasteiger partial charge in [-0.3, -0.25) is 0 Å². The number of hydrogen-bond acceptors (Lipinski definition) is 0. The molecule has 0 saturated carbocycles. The Bertz CT molecular complexity index is 375. The summed E-state index contributed by atoms with van der Waals surface area (Å²) in [5.41, 5.74) is 0. The molecule has 0 aromatic carbocycles. The Kier molecular flexibility index (Phi) is 18.1. The average molecular weight is 298 g/mol. The van der Waals surface area contributed by atoms with Crippen LogP contribution in [0.2, 0.25) is 0 Å². The third-order valence-electron chi connectivity index (χ3n) is 2.97. The van der Waals surface area contributed by atoms with Gasteiger partial charge in [-0.05, 0) is 51.4 Å². The van der Waals surface area contributed by atoms with Crippen LogP contribution in [-0.2, 0) is 0 Å². The van der Waals surface area contributed by atoms with Crippen LogP contribution >= 0.6 is 0 Å². The number of rotatable bonds is 13. The fraction of sp³-hybridized carbons (Fsp3) is 0.409. The lowest BCUT2D eigenvalue weighted by atomic mass is 10.2. The highest BCUT2D eigenvalue weighted by molar-refractivity contribution is 5.01. The zero-order valence-corrected chi connectivity index (χ0v) is 14.3. The van der Waals surface area contributed by atoms with Gasteiger partial charge >= 0.3 is 0 Å². The van der Waals surface area contributed by atoms with Crippen molar-refractivity contribution in [2.75, 3.05) is 0 Å². The quantitative estimate of drug-likeness (QED) is 0.313. The summed E-state index contributed by atoms with van der Waals surface area (Å²) in [6.07, 6.45) is 35.0. The van der Waals surface area contributed by atoms with Crippen molar-refractivity contribution in [2.45, 2.75) is 58.3 Å². The van der Waals surface area contributed by atoms with Crippen molar-refractivity contribution in [1.82, 2.24) is 0 Å². The van der Waals surface area contributed by atoms with Crippen LogP contribution in [0.4, 0.5) is 0 Å². The molecular formula is C22H33. The normalized spacial score (nSPS) is 13.4. The lowest BCUT2D eigenvalue weighted by Crippen LogP contribution is -1.65. The molecule has 0 bridgehead atoms. The van der Waals surface area contributed by atoms with Gasteiger partial charge in [0.05, 0.1) is 0 Å². The Morgan fingerprint density at radius 1 is 0.500 bits per heavy atom. The molecule has 0 heteroatoms. The summed E-state index contributed by atoms with van der Waals surface area (Å²) in [7, 11) is 0. The van der Waals surface area contributed by atoms with Gasteiger partial charge in [-0.1, -0.05) is 86.8 Å². The first-order valence-electron chi connectivity index (χ1n) is 8.61. The minimum absolute atomic E-state index is 0.988. The molecule has 0 atom stereocenters. The second-order valence-corrected chi connectivity index (χ2v) is 5.06. The summed E-state index contributed by atoms with van der Waals surface area (Å²) in [6, 6.07) is 0. The van der Waals surface area contributed by atoms with Gasteiger partial charge in [0.1, 0.15) is 0 Å². The predicted octanol–water partition coefficient (Wildman–Crippen LogP) is 7.30. The van der Waals surface area contributed by atoms with Gasteiger partial charge in [0.15, 0.2) is 0 Å². The second kappa shape index (κ2) is 19.4. The molecule has 1 radical (unpaired) electrons. The molecule has 22 heavy (non-hydrogen) atoms. The highest BCUT2D eigenvalue weighted by Gasteiger charge is 1.76. The summed E-state index contributed by atoms with van der Waals surface area (Å²) in [5, 5.41) is 0. The second-order valence-electron chi connectivity index (χ2n) is 5.06. The molecule has 0 aliphatic carbocycles. The van der Waals surface area contributed by atoms with Crippen molar-refractivity contribution in [2.24, 2.45) is 0 Å². The molecule has 0 N–H and O–H groups in total. The summed E-state index contributed by atoms with van der Waals surface area (Å²) in [4.78, 5) is 0. The van der Waals surface area contributed by atoms with Crippen LogP contribution in [0.5, 0.6) is 0 Å². The van der Waals surface area contributed by atoms with Crippen LogP contribution in [0, 0.1) is 6.92 Å². The zero-order chi connectivity index (χ0) is 16.1. The van der Waals surface area contributed by atoms with Gasteiger partial charge in [-0.25, -0.2) is 0 Å². The molecule has 0 amide bonds. The Balaban J connectivity index is 3.48. The van der Waals surface area contributed by atoms with Gasteiger partial charge in [0.2, 0.25) is 0 Å². The summed E-state index contributed by atoms with van der Waals surface area (Å²) < 4.78 is 0. The van der Waals surface area contributed by atoms with Crippen LogP contribution in [0.3, 0.4) is 0 Å². The lowest BCUT2D eigenvalue weighted by Gasteiger charge is -1.86. The van der Waals surface area contributed by atoms with Gasteiger partial charge in [0, 0.05) is 0 Å². The minimum Gasteiger partial charge on any atom is -0.0885 e. The van der Waals surface area contributed by atoms with E-state index >= 15 is 0 Å². The van der Waals surface area contributed by atoms with Crippen molar-refractivity contribution in [1.29, 1.82) is 0 Å². The van der Waals surface area contributed by atoms with E-state index in [-0.39, 0.29) is 0 Å². The van der Waals surface area contributed by atoms with E-state index in [1.807, 2.05) is 0 Å². The van der Waals surface area contributed by atoms with Crippen molar-refractivity contribution < 1.29 is 0 Å². The summed E-state index contributed by atoms with van der Waals surface area (Å²) in [6.45, 7) is 5.97. The van der Waals surface area contributed by atoms with E-state index in [0.29, 0.717) is 0 Å². The average Bonchev–Trinajstić information content (AvgIpc) is 2.54. The maximum absolute atomic E-state index is 3.81. The molecule has 0 nitrogen and oxygen atoms in total. The predicted molar refractivity (Wildman–Crippen MR) is 103 cm³/mol. The van der Waals surface area contributed by atoms with E-state index in [4.69, 9.17) is 0 Å². The van der Waals surface area contributed by atoms with Crippen molar-refractivity contribution in [3.8, 4) is 0 Å². The fourth-order valence-electron chi connectivity index (χ4n) is 1.76. The van der Waals surface area contributed by atoms with Crippen LogP contribution < -0.4 is 0 Å². The fourth-order valence-corrected chi connectivity index (χ4v) is 1.76. The first-order chi connectivity index (χ1) is 10.9. The van der Waals surface area contributed by atoms with Gasteiger partial charge in [0.25, 0.3) is 0 Å². The maximum Gasteiger partial charge on any atom is -0.0169 e. The third-order valence-corrected chi connectivity index (χ3v) is 2.97. The van der Waals surface area contributed by atoms with Gasteiger partial charge in [-0.15, -0.1) is 0 Å². The van der Waals surface area contributed by atoms with Crippen molar-refractivity contribution in [3.05, 3.63) is 79.8 Å². The number of allylic oxidation sites excluding steroid dienone is 12. The van der Waals surface area contributed by atoms with E-state index in [9.17, 15) is 0 Å². The largest absolute Gasteiger partial charge is 0.0885 e. The van der Waals surface area contributed by atoms with E-state index in [2.05, 4.69) is 86.8 Å². The topological polar surface area (TPSA) is 0 Å². The monoisotopic (exact) mass is 297 g/mol. The molecule has 0 aliphatic rings. The van der Waals surface area contributed by atoms with Crippen molar-refractivity contribution >= 4 is 0 Å². The molecule has 0 fully saturated rings. The third kappa shape index (κ3) is 18.4. The van der Waals surface area contributed by atoms with Crippen LogP contribution in [0.25, 0.3) is 0 Å². The van der Waals surface area contributed by atoms with E-state index in [1.54, 1.807) is 0 Å². The van der Waals surface area contributed by atoms with Gasteiger partial charge < -0.3 is 0 Å². The van der Waals surface area contributed by atoms with E-state index < -0.39 is 0 Å². The highest BCUT2D eigenvalue weighted by atomic mass is 13.8. The SMILES string of the molecule is [CH2]CC/C=C\C/C=C\C/C=C\C/C=C\C/C=C\C/C=C\CC. The smallest absolute Gasteiger partial charge is 0.0169 e. The highest BCUT2D eigenvalue weighted by Crippen LogP contribution is 1.97. The first-order valence-corrected chi connectivity index (χ1v) is 8.61. The maximum atomic E-state index is 3.81. The standard InChI is InChI=1S/C22H33/c1-3-5-7-9-11-13-15-17-19-21-22-20-18-16-14-12-10-8-6-4-2/h6-9,12-15,18-21H,1,3-5,10-11,16-17,22H2,2H3/b8-6-,9-7-,14-12-,15-13-,20-18-,21-19-. The Morgan fingerprint density at radius 2 is 0.818 bits per heavy atom. The molecule has 0 heterocycles. The summed E-state index contributed by atoms with van der Waals surface area (Å²) >= 11 is 0. The van der Waals surface area contributed by atoms with Crippen LogP contribution in [0.1, 0.15) is 58.3 Å². The zero-order valence-electron chi connectivity index (χ0n) is 14.3. The van der Waals surface area contributed by atoms with E-state index in [0.717, 1.165) is 51.4 Å². The molecule has 0 unspecified atom stereocenters. The van der Waals surface area contributed by atoms with Gasteiger partial charge in [-0.2, -0.15) is 0 Å². The molecule has 0 spiro atoms. The van der Waals surface area contributed by atoms with Crippen LogP contribution in [0.15, 0.2) is 72.9 Å². The summed E-state index contributed by atoms with van der Waals surface area (Å²) in [5.74, 6) is 0. The molecule has 0 aromatic rings. The first kappa shape index (κ1) is 20.4. The number of unbranched alkanes of at least 4 members (excludes halogenated alkanes) is 1. The Morgan fingerprint density at radius 3 is 1.14 bits per heavy atom. The Labute approximate surface area is 138 Å². The Hall–Kier alpha value is -1.56. The lowest BCUT2D eigenvalue weighted by molar-refractivity contribution is 1.04. The molecule has 0 aliphatic heterocycles.